The van der Waals surface area contributed by atoms with Crippen LogP contribution in [0.2, 0.25) is 0 Å². The molecule has 3 N–H and O–H groups in total. The van der Waals surface area contributed by atoms with Crippen LogP contribution in [0.15, 0.2) is 39.9 Å². The minimum atomic E-state index is -4.41. The number of aliphatic imine (C=N–C) groups is 1. The number of nitrogen functional groups attached to an aromatic ring is 1. The molecule has 2 rings (SSSR count). The maximum Gasteiger partial charge on any atom is 0.416 e. The van der Waals surface area contributed by atoms with E-state index in [1.165, 1.54) is 18.3 Å². The monoisotopic (exact) mass is 309 g/mol. The fourth-order valence-corrected chi connectivity index (χ4v) is 1.95. The Morgan fingerprint density at radius 1 is 1.36 bits per heavy atom. The number of alkyl halides is 3. The zero-order valence-corrected chi connectivity index (χ0v) is 11.7. The lowest BCUT2D eigenvalue weighted by atomic mass is 10.1. The lowest BCUT2D eigenvalue weighted by Crippen LogP contribution is -2.05. The van der Waals surface area contributed by atoms with Crippen LogP contribution < -0.4 is 11.1 Å². The van der Waals surface area contributed by atoms with Crippen molar-refractivity contribution in [3.63, 3.8) is 0 Å². The quantitative estimate of drug-likeness (QED) is 0.811. The molecule has 0 bridgehead atoms. The van der Waals surface area contributed by atoms with Crippen LogP contribution in [0, 0.1) is 6.92 Å². The van der Waals surface area contributed by atoms with E-state index in [9.17, 15) is 13.2 Å². The summed E-state index contributed by atoms with van der Waals surface area (Å²) >= 11 is 0. The summed E-state index contributed by atoms with van der Waals surface area (Å²) in [6, 6.07) is 4.82. The topological polar surface area (TPSA) is 63.5 Å². The van der Waals surface area contributed by atoms with Crippen molar-refractivity contribution in [3.8, 4) is 0 Å². The number of rotatable bonds is 4. The number of anilines is 3. The molecule has 2 aromatic rings. The van der Waals surface area contributed by atoms with Gasteiger partial charge in [0.15, 0.2) is 0 Å². The molecule has 22 heavy (non-hydrogen) atoms. The number of hydrogen-bond donors (Lipinski definition) is 2. The summed E-state index contributed by atoms with van der Waals surface area (Å²) in [6.45, 7) is 5.01. The third-order valence-electron chi connectivity index (χ3n) is 2.96. The second-order valence-electron chi connectivity index (χ2n) is 4.51. The van der Waals surface area contributed by atoms with Crippen molar-refractivity contribution in [2.45, 2.75) is 13.1 Å². The van der Waals surface area contributed by atoms with Gasteiger partial charge in [0, 0.05) is 17.5 Å². The van der Waals surface area contributed by atoms with E-state index in [0.29, 0.717) is 17.0 Å². The van der Waals surface area contributed by atoms with Crippen molar-refractivity contribution < 1.29 is 17.6 Å². The molecule has 0 saturated carbocycles. The smallest absolute Gasteiger partial charge is 0.416 e. The number of nitrogens with two attached hydrogens (primary N) is 1. The van der Waals surface area contributed by atoms with Gasteiger partial charge in [0.25, 0.3) is 0 Å². The van der Waals surface area contributed by atoms with Crippen molar-refractivity contribution in [3.05, 3.63) is 47.4 Å². The molecule has 0 unspecified atom stereocenters. The van der Waals surface area contributed by atoms with Crippen molar-refractivity contribution in [2.75, 3.05) is 11.1 Å². The van der Waals surface area contributed by atoms with Gasteiger partial charge in [-0.1, -0.05) is 6.07 Å². The first-order valence-corrected chi connectivity index (χ1v) is 6.28. The zero-order chi connectivity index (χ0) is 16.3. The number of nitrogens with one attached hydrogen (secondary N) is 1. The van der Waals surface area contributed by atoms with Crippen LogP contribution in [0.3, 0.4) is 0 Å². The van der Waals surface area contributed by atoms with E-state index in [-0.39, 0.29) is 11.6 Å². The molecular weight excluding hydrogens is 295 g/mol. The average Bonchev–Trinajstić information content (AvgIpc) is 2.70. The number of hydrogen-bond acceptors (Lipinski definition) is 4. The maximum absolute atomic E-state index is 12.7. The minimum Gasteiger partial charge on any atom is -0.443 e. The first-order valence-electron chi connectivity index (χ1n) is 6.28. The van der Waals surface area contributed by atoms with E-state index in [2.05, 4.69) is 17.0 Å². The molecule has 0 atom stereocenters. The highest BCUT2D eigenvalue weighted by atomic mass is 19.4. The Kier molecular flexibility index (Phi) is 4.25. The molecule has 1 aromatic heterocycles. The summed E-state index contributed by atoms with van der Waals surface area (Å²) in [5, 5.41) is 2.85. The van der Waals surface area contributed by atoms with Gasteiger partial charge in [-0.2, -0.15) is 13.2 Å². The highest BCUT2D eigenvalue weighted by Crippen LogP contribution is 2.36. The summed E-state index contributed by atoms with van der Waals surface area (Å²) in [6.07, 6.45) is -1.36. The molecule has 116 valence electrons. The number of aryl methyl sites for hydroxylation is 1. The highest BCUT2D eigenvalue weighted by molar-refractivity contribution is 5.81. The summed E-state index contributed by atoms with van der Waals surface area (Å²) in [5.41, 5.74) is 6.24. The fraction of sp³-hybridized carbons (Fsp3) is 0.133. The van der Waals surface area contributed by atoms with Crippen LogP contribution in [0.5, 0.6) is 0 Å². The van der Waals surface area contributed by atoms with Crippen molar-refractivity contribution >= 4 is 30.1 Å². The molecule has 0 amide bonds. The van der Waals surface area contributed by atoms with Crippen LogP contribution in [0.25, 0.3) is 6.08 Å². The number of furan rings is 1. The minimum absolute atomic E-state index is 0.0821. The van der Waals surface area contributed by atoms with E-state index in [4.69, 9.17) is 10.2 Å². The first-order chi connectivity index (χ1) is 10.3. The molecule has 0 aliphatic carbocycles. The molecule has 0 saturated heterocycles. The van der Waals surface area contributed by atoms with Crippen LogP contribution in [0.4, 0.5) is 30.4 Å². The second kappa shape index (κ2) is 5.97. The Morgan fingerprint density at radius 2 is 2.09 bits per heavy atom. The molecule has 7 heteroatoms. The molecular formula is C15H14F3N3O. The Morgan fingerprint density at radius 3 is 2.73 bits per heavy atom. The van der Waals surface area contributed by atoms with Gasteiger partial charge in [0.2, 0.25) is 5.88 Å². The van der Waals surface area contributed by atoms with E-state index in [0.717, 1.165) is 12.1 Å². The van der Waals surface area contributed by atoms with Gasteiger partial charge in [0.05, 0.1) is 5.56 Å². The molecule has 4 nitrogen and oxygen atoms in total. The number of halogens is 3. The predicted octanol–water partition coefficient (Wildman–Crippen LogP) is 4.60. The van der Waals surface area contributed by atoms with Crippen molar-refractivity contribution in [2.24, 2.45) is 4.99 Å². The standard InChI is InChI=1S/C15H14F3N3O/c1-9-12(6-7-20-2)13(14(19)22-9)21-11-5-3-4-10(8-11)15(16,17)18/h3-8,21H,2,19H2,1H3/b7-6-. The van der Waals surface area contributed by atoms with E-state index in [1.54, 1.807) is 13.0 Å². The highest BCUT2D eigenvalue weighted by Gasteiger charge is 2.30. The van der Waals surface area contributed by atoms with E-state index < -0.39 is 11.7 Å². The summed E-state index contributed by atoms with van der Waals surface area (Å²) in [7, 11) is 0. The Labute approximate surface area is 125 Å². The third kappa shape index (κ3) is 3.30. The molecule has 1 heterocycles. The van der Waals surface area contributed by atoms with Gasteiger partial charge in [-0.25, -0.2) is 0 Å². The predicted molar refractivity (Wildman–Crippen MR) is 81.2 cm³/mol. The van der Waals surface area contributed by atoms with Crippen LogP contribution in [-0.4, -0.2) is 6.72 Å². The van der Waals surface area contributed by atoms with Gasteiger partial charge >= 0.3 is 6.18 Å². The second-order valence-corrected chi connectivity index (χ2v) is 4.51. The van der Waals surface area contributed by atoms with Gasteiger partial charge in [-0.3, -0.25) is 4.99 Å². The van der Waals surface area contributed by atoms with Crippen LogP contribution in [0.1, 0.15) is 16.9 Å². The van der Waals surface area contributed by atoms with Crippen LogP contribution >= 0.6 is 0 Å². The normalized spacial score (nSPS) is 11.8. The van der Waals surface area contributed by atoms with E-state index >= 15 is 0 Å². The molecule has 0 spiro atoms. The summed E-state index contributed by atoms with van der Waals surface area (Å²) in [5.74, 6) is 0.602. The largest absolute Gasteiger partial charge is 0.443 e. The first kappa shape index (κ1) is 15.7. The van der Waals surface area contributed by atoms with Gasteiger partial charge in [-0.15, -0.1) is 0 Å². The maximum atomic E-state index is 12.7. The Balaban J connectivity index is 2.39. The fourth-order valence-electron chi connectivity index (χ4n) is 1.95. The Hall–Kier alpha value is -2.70. The van der Waals surface area contributed by atoms with Gasteiger partial charge < -0.3 is 15.5 Å². The molecule has 0 fully saturated rings. The number of nitrogens with zero attached hydrogens (tertiary/aromatic N) is 1. The molecule has 0 aliphatic heterocycles. The van der Waals surface area contributed by atoms with Crippen molar-refractivity contribution in [1.29, 1.82) is 0 Å². The number of benzene rings is 1. The Bertz CT molecular complexity index is 717. The third-order valence-corrected chi connectivity index (χ3v) is 2.96. The summed E-state index contributed by atoms with van der Waals surface area (Å²) in [4.78, 5) is 3.59. The van der Waals surface area contributed by atoms with Crippen LogP contribution in [-0.2, 0) is 6.18 Å². The zero-order valence-electron chi connectivity index (χ0n) is 11.7. The molecule has 0 aliphatic rings. The SMILES string of the molecule is C=N/C=C\c1c(C)oc(N)c1Nc1cccc(C(F)(F)F)c1. The summed E-state index contributed by atoms with van der Waals surface area (Å²) < 4.78 is 43.5. The molecule has 0 radical (unpaired) electrons. The average molecular weight is 309 g/mol. The molecule has 1 aromatic carbocycles. The van der Waals surface area contributed by atoms with E-state index in [1.807, 2.05) is 0 Å². The van der Waals surface area contributed by atoms with Gasteiger partial charge in [0.1, 0.15) is 11.4 Å². The lowest BCUT2D eigenvalue weighted by Gasteiger charge is -2.10. The van der Waals surface area contributed by atoms with Gasteiger partial charge in [-0.05, 0) is 37.9 Å². The van der Waals surface area contributed by atoms with Crippen molar-refractivity contribution in [1.82, 2.24) is 0 Å². The lowest BCUT2D eigenvalue weighted by molar-refractivity contribution is -0.137.